The van der Waals surface area contributed by atoms with E-state index in [2.05, 4.69) is 25.8 Å². The summed E-state index contributed by atoms with van der Waals surface area (Å²) < 4.78 is 6.42. The van der Waals surface area contributed by atoms with Crippen molar-refractivity contribution in [2.24, 2.45) is 0 Å². The first-order valence-electron chi connectivity index (χ1n) is 13.5. The number of hydrogen-bond donors (Lipinski definition) is 1. The van der Waals surface area contributed by atoms with Gasteiger partial charge in [-0.3, -0.25) is 19.9 Å². The Kier molecular flexibility index (Phi) is 8.25. The SMILES string of the molecule is CCCC(=O)n1nnnc1-c1ccccc1-c1ccc(CNC2(C(=O)OC)CCCN2C(=O)c2ccncc2)cc1. The third kappa shape index (κ3) is 5.48. The molecule has 1 saturated heterocycles. The molecule has 3 heterocycles. The maximum Gasteiger partial charge on any atom is 0.347 e. The molecule has 0 spiro atoms. The molecular weight excluding hydrogens is 522 g/mol. The van der Waals surface area contributed by atoms with Crippen molar-refractivity contribution in [1.29, 1.82) is 0 Å². The lowest BCUT2D eigenvalue weighted by atomic mass is 9.98. The lowest BCUT2D eigenvalue weighted by Gasteiger charge is -2.36. The Hall–Kier alpha value is -4.77. The van der Waals surface area contributed by atoms with Crippen LogP contribution in [0.4, 0.5) is 0 Å². The molecule has 2 aromatic carbocycles. The van der Waals surface area contributed by atoms with Gasteiger partial charge in [0.15, 0.2) is 11.5 Å². The highest BCUT2D eigenvalue weighted by Gasteiger charge is 2.50. The van der Waals surface area contributed by atoms with Crippen LogP contribution in [0.15, 0.2) is 73.1 Å². The summed E-state index contributed by atoms with van der Waals surface area (Å²) >= 11 is 0. The molecule has 0 radical (unpaired) electrons. The predicted octanol–water partition coefficient (Wildman–Crippen LogP) is 3.74. The summed E-state index contributed by atoms with van der Waals surface area (Å²) in [5, 5.41) is 15.1. The molecule has 1 unspecified atom stereocenters. The van der Waals surface area contributed by atoms with Gasteiger partial charge in [0.25, 0.3) is 5.91 Å². The number of pyridine rings is 1. The van der Waals surface area contributed by atoms with Crippen molar-refractivity contribution in [3.05, 3.63) is 84.2 Å². The molecule has 1 aliphatic rings. The number of hydrogen-bond acceptors (Lipinski definition) is 9. The highest BCUT2D eigenvalue weighted by Crippen LogP contribution is 2.32. The van der Waals surface area contributed by atoms with E-state index in [0.717, 1.165) is 22.3 Å². The minimum atomic E-state index is -1.28. The van der Waals surface area contributed by atoms with Gasteiger partial charge in [0.05, 0.1) is 7.11 Å². The lowest BCUT2D eigenvalue weighted by Crippen LogP contribution is -2.62. The second-order valence-electron chi connectivity index (χ2n) is 9.80. The molecule has 1 N–H and O–H groups in total. The molecule has 1 fully saturated rings. The molecule has 1 aliphatic heterocycles. The van der Waals surface area contributed by atoms with Crippen LogP contribution in [0.1, 0.15) is 53.3 Å². The van der Waals surface area contributed by atoms with E-state index in [4.69, 9.17) is 4.74 Å². The minimum absolute atomic E-state index is 0.161. The van der Waals surface area contributed by atoms with E-state index in [1.54, 1.807) is 29.4 Å². The Morgan fingerprint density at radius 3 is 2.44 bits per heavy atom. The van der Waals surface area contributed by atoms with Gasteiger partial charge in [-0.25, -0.2) is 4.79 Å². The van der Waals surface area contributed by atoms with Crippen LogP contribution < -0.4 is 5.32 Å². The molecule has 41 heavy (non-hydrogen) atoms. The second-order valence-corrected chi connectivity index (χ2v) is 9.80. The number of amides is 1. The number of rotatable bonds is 9. The van der Waals surface area contributed by atoms with Crippen LogP contribution >= 0.6 is 0 Å². The van der Waals surface area contributed by atoms with Crippen LogP contribution in [-0.4, -0.2) is 67.2 Å². The maximum atomic E-state index is 13.3. The molecule has 11 heteroatoms. The molecule has 0 bridgehead atoms. The Morgan fingerprint density at radius 1 is 1.00 bits per heavy atom. The standard InChI is InChI=1S/C30H31N7O4/c1-3-7-26(38)37-27(33-34-35-37)25-9-5-4-8-24(25)22-12-10-21(11-13-22)20-32-30(29(40)41-2)16-6-19-36(30)28(39)23-14-17-31-18-15-23/h4-5,8-15,17-18,32H,3,6-7,16,19-20H2,1-2H3. The molecule has 1 amide bonds. The Bertz CT molecular complexity index is 1540. The van der Waals surface area contributed by atoms with Crippen LogP contribution in [0.5, 0.6) is 0 Å². The van der Waals surface area contributed by atoms with Gasteiger partial charge in [0.2, 0.25) is 5.91 Å². The number of tetrazole rings is 1. The summed E-state index contributed by atoms with van der Waals surface area (Å²) in [5.74, 6) is -0.524. The number of likely N-dealkylation sites (tertiary alicyclic amines) is 1. The largest absolute Gasteiger partial charge is 0.466 e. The summed E-state index contributed by atoms with van der Waals surface area (Å²) in [4.78, 5) is 44.5. The molecule has 2 aromatic heterocycles. The zero-order chi connectivity index (χ0) is 28.8. The van der Waals surface area contributed by atoms with Crippen molar-refractivity contribution in [2.45, 2.75) is 44.8 Å². The smallest absolute Gasteiger partial charge is 0.347 e. The molecular formula is C30H31N7O4. The van der Waals surface area contributed by atoms with Crippen LogP contribution in [0.3, 0.4) is 0 Å². The topological polar surface area (TPSA) is 132 Å². The molecule has 0 saturated carbocycles. The fourth-order valence-electron chi connectivity index (χ4n) is 5.20. The molecule has 4 aromatic rings. The average Bonchev–Trinajstić information content (AvgIpc) is 3.69. The van der Waals surface area contributed by atoms with Crippen LogP contribution in [0, 0.1) is 0 Å². The van der Waals surface area contributed by atoms with Gasteiger partial charge in [-0.15, -0.1) is 5.10 Å². The summed E-state index contributed by atoms with van der Waals surface area (Å²) in [6.45, 7) is 2.70. The maximum absolute atomic E-state index is 13.3. The number of carbonyl (C=O) groups is 3. The molecule has 11 nitrogen and oxygen atoms in total. The van der Waals surface area contributed by atoms with Crippen LogP contribution in [0.2, 0.25) is 0 Å². The predicted molar refractivity (Wildman–Crippen MR) is 150 cm³/mol. The number of nitrogens with zero attached hydrogens (tertiary/aromatic N) is 6. The van der Waals surface area contributed by atoms with Gasteiger partial charge in [0.1, 0.15) is 0 Å². The molecule has 210 valence electrons. The van der Waals surface area contributed by atoms with Gasteiger partial charge < -0.3 is 9.64 Å². The first-order valence-corrected chi connectivity index (χ1v) is 13.5. The second kappa shape index (κ2) is 12.2. The van der Waals surface area contributed by atoms with Crippen molar-refractivity contribution in [3.8, 4) is 22.5 Å². The first-order chi connectivity index (χ1) is 20.0. The third-order valence-corrected chi connectivity index (χ3v) is 7.26. The monoisotopic (exact) mass is 553 g/mol. The van der Waals surface area contributed by atoms with E-state index >= 15 is 0 Å². The minimum Gasteiger partial charge on any atom is -0.466 e. The molecule has 1 atom stereocenters. The fourth-order valence-corrected chi connectivity index (χ4v) is 5.20. The van der Waals surface area contributed by atoms with Crippen molar-refractivity contribution >= 4 is 17.8 Å². The summed E-state index contributed by atoms with van der Waals surface area (Å²) in [6.07, 6.45) is 5.25. The summed E-state index contributed by atoms with van der Waals surface area (Å²) in [6, 6.07) is 18.8. The van der Waals surface area contributed by atoms with E-state index in [9.17, 15) is 14.4 Å². The zero-order valence-corrected chi connectivity index (χ0v) is 23.0. The van der Waals surface area contributed by atoms with Crippen molar-refractivity contribution in [1.82, 2.24) is 35.4 Å². The van der Waals surface area contributed by atoms with Gasteiger partial charge >= 0.3 is 5.97 Å². The highest BCUT2D eigenvalue weighted by molar-refractivity contribution is 5.98. The Labute approximate surface area is 237 Å². The van der Waals surface area contributed by atoms with E-state index < -0.39 is 11.6 Å². The number of ether oxygens (including phenoxy) is 1. The fraction of sp³-hybridized carbons (Fsp3) is 0.300. The normalized spacial score (nSPS) is 16.5. The third-order valence-electron chi connectivity index (χ3n) is 7.26. The van der Waals surface area contributed by atoms with E-state index in [1.165, 1.54) is 11.8 Å². The average molecular weight is 554 g/mol. The molecule has 5 rings (SSSR count). The van der Waals surface area contributed by atoms with E-state index in [0.29, 0.717) is 50.2 Å². The summed E-state index contributed by atoms with van der Waals surface area (Å²) in [7, 11) is 1.33. The Balaban J connectivity index is 1.38. The van der Waals surface area contributed by atoms with Gasteiger partial charge in [-0.2, -0.15) is 4.68 Å². The zero-order valence-electron chi connectivity index (χ0n) is 23.0. The van der Waals surface area contributed by atoms with E-state index in [1.807, 2.05) is 55.5 Å². The number of esters is 1. The van der Waals surface area contributed by atoms with Gasteiger partial charge in [0, 0.05) is 43.0 Å². The number of aromatic nitrogens is 5. The number of benzene rings is 2. The Morgan fingerprint density at radius 2 is 1.73 bits per heavy atom. The van der Waals surface area contributed by atoms with Gasteiger partial charge in [-0.05, 0) is 58.5 Å². The first kappa shape index (κ1) is 27.8. The molecule has 0 aliphatic carbocycles. The quantitative estimate of drug-likeness (QED) is 0.243. The number of carbonyl (C=O) groups excluding carboxylic acids is 3. The van der Waals surface area contributed by atoms with Gasteiger partial charge in [-0.1, -0.05) is 55.5 Å². The summed E-state index contributed by atoms with van der Waals surface area (Å²) in [5.41, 5.74) is 2.64. The lowest BCUT2D eigenvalue weighted by molar-refractivity contribution is -0.154. The number of nitrogens with one attached hydrogen (secondary N) is 1. The van der Waals surface area contributed by atoms with Crippen molar-refractivity contribution in [2.75, 3.05) is 13.7 Å². The van der Waals surface area contributed by atoms with E-state index in [-0.39, 0.29) is 11.8 Å². The van der Waals surface area contributed by atoms with Crippen LogP contribution in [-0.2, 0) is 16.1 Å². The van der Waals surface area contributed by atoms with Crippen molar-refractivity contribution < 1.29 is 19.1 Å². The number of methoxy groups -OCH3 is 1. The van der Waals surface area contributed by atoms with Crippen LogP contribution in [0.25, 0.3) is 22.5 Å². The van der Waals surface area contributed by atoms with Crippen molar-refractivity contribution in [3.63, 3.8) is 0 Å². The highest BCUT2D eigenvalue weighted by atomic mass is 16.5.